The van der Waals surface area contributed by atoms with Crippen molar-refractivity contribution in [1.82, 2.24) is 4.90 Å². The standard InChI is InChI=1S/C33H37F7N3O4PS/c1-31(2,3)47-30(44)43(26-13-12-20(48(5,6)45)17-27(26)46-33(38,39)40)15-8-11-28-22(18-32(35,36)37)21-9-7-10-25(29(21)49-28)41-24-14-16-42(4)19-23(24)34/h7,9-10,12-13,17,23-24,41H,14-16,18-19H2,1-6H3. The summed E-state index contributed by atoms with van der Waals surface area (Å²) >= 11 is 0.955. The molecule has 4 rings (SSSR count). The number of nitrogens with one attached hydrogen (secondary N) is 1. The van der Waals surface area contributed by atoms with Gasteiger partial charge in [0, 0.05) is 18.4 Å². The number of carbonyl (C=O) groups is 1. The van der Waals surface area contributed by atoms with Crippen LogP contribution in [0.3, 0.4) is 0 Å². The molecule has 268 valence electrons. The van der Waals surface area contributed by atoms with Crippen molar-refractivity contribution in [2.75, 3.05) is 50.2 Å². The Morgan fingerprint density at radius 1 is 1.12 bits per heavy atom. The molecule has 0 spiro atoms. The molecule has 0 bridgehead atoms. The number of nitrogens with zero attached hydrogens (tertiary/aromatic N) is 2. The largest absolute Gasteiger partial charge is 0.573 e. The SMILES string of the molecule is CN1CCC(Nc2cccc3c(CC(F)(F)F)c(C#CCN(C(=O)OC(C)(C)C)c4ccc(P(C)(C)=O)cc4OC(F)(F)F)sc23)C(F)C1. The maximum Gasteiger partial charge on any atom is 0.573 e. The maximum atomic E-state index is 14.8. The average molecular weight is 736 g/mol. The van der Waals surface area contributed by atoms with Crippen LogP contribution in [-0.4, -0.2) is 81.4 Å². The fourth-order valence-corrected chi connectivity index (χ4v) is 7.24. The summed E-state index contributed by atoms with van der Waals surface area (Å²) in [6.07, 6.45) is -12.9. The summed E-state index contributed by atoms with van der Waals surface area (Å²) in [6.45, 7) is 7.56. The van der Waals surface area contributed by atoms with E-state index in [2.05, 4.69) is 21.9 Å². The van der Waals surface area contributed by atoms with Gasteiger partial charge in [0.1, 0.15) is 18.9 Å². The van der Waals surface area contributed by atoms with E-state index in [1.165, 1.54) is 25.5 Å². The number of hydrogen-bond acceptors (Lipinski definition) is 7. The molecule has 2 heterocycles. The minimum absolute atomic E-state index is 0.0194. The summed E-state index contributed by atoms with van der Waals surface area (Å²) in [5.74, 6) is 4.50. The summed E-state index contributed by atoms with van der Waals surface area (Å²) in [6, 6.07) is 7.51. The van der Waals surface area contributed by atoms with Gasteiger partial charge in [-0.15, -0.1) is 24.5 Å². The van der Waals surface area contributed by atoms with Gasteiger partial charge in [-0.1, -0.05) is 24.0 Å². The van der Waals surface area contributed by atoms with Crippen LogP contribution in [0, 0.1) is 11.8 Å². The molecule has 2 atom stereocenters. The summed E-state index contributed by atoms with van der Waals surface area (Å²) in [7, 11) is -1.27. The third kappa shape index (κ3) is 10.5. The third-order valence-corrected chi connectivity index (χ3v) is 10.1. The first-order chi connectivity index (χ1) is 22.5. The number of anilines is 2. The molecule has 1 aliphatic rings. The molecule has 1 saturated heterocycles. The molecule has 2 unspecified atom stereocenters. The first-order valence-electron chi connectivity index (χ1n) is 15.2. The molecule has 1 aromatic heterocycles. The van der Waals surface area contributed by atoms with E-state index in [1.807, 2.05) is 4.90 Å². The van der Waals surface area contributed by atoms with Gasteiger partial charge in [-0.2, -0.15) is 13.2 Å². The molecule has 1 aliphatic heterocycles. The Morgan fingerprint density at radius 2 is 1.82 bits per heavy atom. The number of fused-ring (bicyclic) bond motifs is 1. The van der Waals surface area contributed by atoms with Gasteiger partial charge >= 0.3 is 18.6 Å². The number of alkyl halides is 7. The molecule has 0 saturated carbocycles. The first kappa shape index (κ1) is 38.3. The second-order valence-corrected chi connectivity index (χ2v) is 17.4. The van der Waals surface area contributed by atoms with Gasteiger partial charge in [-0.25, -0.2) is 9.18 Å². The highest BCUT2D eigenvalue weighted by Gasteiger charge is 2.36. The van der Waals surface area contributed by atoms with Crippen LogP contribution in [0.15, 0.2) is 36.4 Å². The Bertz CT molecular complexity index is 1790. The normalized spacial score (nSPS) is 17.7. The van der Waals surface area contributed by atoms with Crippen molar-refractivity contribution in [3.8, 4) is 17.6 Å². The van der Waals surface area contributed by atoms with Crippen molar-refractivity contribution in [2.45, 2.75) is 64.0 Å². The Labute approximate surface area is 284 Å². The second-order valence-electron chi connectivity index (χ2n) is 13.1. The van der Waals surface area contributed by atoms with Crippen molar-refractivity contribution in [2.24, 2.45) is 0 Å². The molecule has 1 fully saturated rings. The van der Waals surface area contributed by atoms with E-state index in [4.69, 9.17) is 4.74 Å². The van der Waals surface area contributed by atoms with Gasteiger partial charge in [-0.05, 0) is 82.8 Å². The minimum atomic E-state index is -5.19. The maximum absolute atomic E-state index is 14.8. The predicted molar refractivity (Wildman–Crippen MR) is 179 cm³/mol. The van der Waals surface area contributed by atoms with Crippen LogP contribution >= 0.6 is 18.5 Å². The van der Waals surface area contributed by atoms with Crippen LogP contribution in [-0.2, 0) is 15.7 Å². The summed E-state index contributed by atoms with van der Waals surface area (Å²) in [5.41, 5.74) is -1.17. The number of thiophene rings is 1. The zero-order valence-corrected chi connectivity index (χ0v) is 29.4. The van der Waals surface area contributed by atoms with Gasteiger partial charge < -0.3 is 24.3 Å². The summed E-state index contributed by atoms with van der Waals surface area (Å²) in [5, 5.41) is 3.47. The molecule has 1 N–H and O–H groups in total. The minimum Gasteiger partial charge on any atom is -0.443 e. The Hall–Kier alpha value is -3.47. The Balaban J connectivity index is 1.79. The average Bonchev–Trinajstić information content (AvgIpc) is 3.27. The first-order valence-corrected chi connectivity index (χ1v) is 18.6. The number of halogens is 7. The third-order valence-electron chi connectivity index (χ3n) is 7.42. The predicted octanol–water partition coefficient (Wildman–Crippen LogP) is 8.40. The van der Waals surface area contributed by atoms with E-state index < -0.39 is 68.0 Å². The highest BCUT2D eigenvalue weighted by molar-refractivity contribution is 7.70. The van der Waals surface area contributed by atoms with Gasteiger partial charge in [0.2, 0.25) is 0 Å². The van der Waals surface area contributed by atoms with E-state index >= 15 is 0 Å². The number of carbonyl (C=O) groups excluding carboxylic acids is 1. The van der Waals surface area contributed by atoms with E-state index in [-0.39, 0.29) is 27.7 Å². The van der Waals surface area contributed by atoms with Crippen molar-refractivity contribution < 1.29 is 49.6 Å². The number of benzene rings is 2. The number of amides is 1. The van der Waals surface area contributed by atoms with Crippen LogP contribution in [0.1, 0.15) is 37.6 Å². The molecular formula is C33H37F7N3O4PS. The van der Waals surface area contributed by atoms with Gasteiger partial charge in [-0.3, -0.25) is 4.90 Å². The molecule has 1 amide bonds. The molecule has 2 aromatic carbocycles. The monoisotopic (exact) mass is 735 g/mol. The van der Waals surface area contributed by atoms with E-state index in [0.717, 1.165) is 28.4 Å². The van der Waals surface area contributed by atoms with Gasteiger partial charge in [0.15, 0.2) is 5.75 Å². The Kier molecular flexibility index (Phi) is 11.3. The van der Waals surface area contributed by atoms with Crippen LogP contribution in [0.25, 0.3) is 10.1 Å². The molecule has 0 aliphatic carbocycles. The van der Waals surface area contributed by atoms with Crippen LogP contribution < -0.4 is 20.3 Å². The zero-order valence-electron chi connectivity index (χ0n) is 27.7. The van der Waals surface area contributed by atoms with Crippen LogP contribution in [0.4, 0.5) is 46.9 Å². The lowest BCUT2D eigenvalue weighted by molar-refractivity contribution is -0.274. The molecule has 49 heavy (non-hydrogen) atoms. The van der Waals surface area contributed by atoms with Gasteiger partial charge in [0.05, 0.1) is 40.0 Å². The molecule has 3 aromatic rings. The lowest BCUT2D eigenvalue weighted by Gasteiger charge is -2.33. The molecule has 0 radical (unpaired) electrons. The van der Waals surface area contributed by atoms with Crippen molar-refractivity contribution in [3.63, 3.8) is 0 Å². The number of ether oxygens (including phenoxy) is 2. The smallest absolute Gasteiger partial charge is 0.443 e. The quantitative estimate of drug-likeness (QED) is 0.149. The number of hydrogen-bond donors (Lipinski definition) is 1. The van der Waals surface area contributed by atoms with Crippen molar-refractivity contribution in [3.05, 3.63) is 46.8 Å². The fourth-order valence-electron chi connectivity index (χ4n) is 5.21. The topological polar surface area (TPSA) is 71.1 Å². The highest BCUT2D eigenvalue weighted by Crippen LogP contribution is 2.41. The van der Waals surface area contributed by atoms with Crippen LogP contribution in [0.2, 0.25) is 0 Å². The number of likely N-dealkylation sites (tertiary alicyclic amines) is 1. The number of rotatable bonds is 7. The van der Waals surface area contributed by atoms with Crippen molar-refractivity contribution in [1.29, 1.82) is 0 Å². The molecular weight excluding hydrogens is 698 g/mol. The van der Waals surface area contributed by atoms with Crippen molar-refractivity contribution >= 4 is 51.3 Å². The highest BCUT2D eigenvalue weighted by atomic mass is 32.1. The van der Waals surface area contributed by atoms with E-state index in [9.17, 15) is 40.1 Å². The number of piperidine rings is 1. The van der Waals surface area contributed by atoms with Gasteiger partial charge in [0.25, 0.3) is 0 Å². The molecule has 7 nitrogen and oxygen atoms in total. The zero-order chi connectivity index (χ0) is 36.5. The fraction of sp³-hybridized carbons (Fsp3) is 0.485. The molecule has 16 heteroatoms. The lowest BCUT2D eigenvalue weighted by Crippen LogP contribution is -2.46. The van der Waals surface area contributed by atoms with E-state index in [1.54, 1.807) is 40.0 Å². The lowest BCUT2D eigenvalue weighted by atomic mass is 10.0. The second kappa shape index (κ2) is 14.4. The van der Waals surface area contributed by atoms with E-state index in [0.29, 0.717) is 23.4 Å². The van der Waals surface area contributed by atoms with Crippen LogP contribution in [0.5, 0.6) is 5.75 Å². The Morgan fingerprint density at radius 3 is 2.41 bits per heavy atom. The summed E-state index contributed by atoms with van der Waals surface area (Å²) in [4.78, 5) is 16.0. The summed E-state index contributed by atoms with van der Waals surface area (Å²) < 4.78 is 119.